The second kappa shape index (κ2) is 10.8. The van der Waals surface area contributed by atoms with Crippen LogP contribution in [0.2, 0.25) is 0 Å². The fourth-order valence-electron chi connectivity index (χ4n) is 4.67. The number of ether oxygens (including phenoxy) is 3. The van der Waals surface area contributed by atoms with Gasteiger partial charge in [0.25, 0.3) is 0 Å². The summed E-state index contributed by atoms with van der Waals surface area (Å²) in [7, 11) is 0. The van der Waals surface area contributed by atoms with Crippen molar-refractivity contribution < 1.29 is 19.0 Å². The lowest BCUT2D eigenvalue weighted by Gasteiger charge is -2.36. The second-order valence-corrected chi connectivity index (χ2v) is 8.68. The first kappa shape index (κ1) is 22.6. The van der Waals surface area contributed by atoms with Crippen molar-refractivity contribution >= 4 is 6.09 Å². The predicted molar refractivity (Wildman–Crippen MR) is 124 cm³/mol. The van der Waals surface area contributed by atoms with Crippen molar-refractivity contribution in [3.05, 3.63) is 84.4 Å². The zero-order valence-electron chi connectivity index (χ0n) is 18.7. The third-order valence-corrected chi connectivity index (χ3v) is 6.37. The average molecular weight is 436 g/mol. The van der Waals surface area contributed by atoms with Crippen LogP contribution < -0.4 is 0 Å². The van der Waals surface area contributed by atoms with E-state index in [1.165, 1.54) is 6.42 Å². The van der Waals surface area contributed by atoms with Crippen LogP contribution in [0, 0.1) is 0 Å². The number of rotatable bonds is 8. The molecule has 1 aliphatic heterocycles. The first-order valence-corrected chi connectivity index (χ1v) is 11.6. The highest BCUT2D eigenvalue weighted by Gasteiger charge is 2.46. The Kier molecular flexibility index (Phi) is 7.61. The maximum atomic E-state index is 13.3. The molecule has 0 bridgehead atoms. The number of hydrogen-bond donors (Lipinski definition) is 0. The van der Waals surface area contributed by atoms with Gasteiger partial charge < -0.3 is 14.2 Å². The molecule has 1 saturated carbocycles. The van der Waals surface area contributed by atoms with Crippen LogP contribution in [0.4, 0.5) is 4.79 Å². The third kappa shape index (κ3) is 5.59. The summed E-state index contributed by atoms with van der Waals surface area (Å²) in [6.07, 6.45) is 7.19. The Morgan fingerprint density at radius 3 is 2.38 bits per heavy atom. The van der Waals surface area contributed by atoms with Gasteiger partial charge in [0.2, 0.25) is 0 Å². The molecule has 32 heavy (non-hydrogen) atoms. The molecule has 0 aromatic heterocycles. The van der Waals surface area contributed by atoms with Gasteiger partial charge in [-0.1, -0.05) is 73.2 Å². The molecule has 5 nitrogen and oxygen atoms in total. The maximum absolute atomic E-state index is 13.3. The first-order valence-electron chi connectivity index (χ1n) is 11.6. The van der Waals surface area contributed by atoms with E-state index in [-0.39, 0.29) is 24.8 Å². The Morgan fingerprint density at radius 2 is 1.72 bits per heavy atom. The van der Waals surface area contributed by atoms with Crippen LogP contribution >= 0.6 is 0 Å². The highest BCUT2D eigenvalue weighted by Crippen LogP contribution is 2.39. The molecular weight excluding hydrogens is 402 g/mol. The van der Waals surface area contributed by atoms with Crippen LogP contribution in [0.25, 0.3) is 0 Å². The normalized spacial score (nSPS) is 20.6. The monoisotopic (exact) mass is 435 g/mol. The Labute approximate surface area is 191 Å². The molecule has 1 aliphatic carbocycles. The van der Waals surface area contributed by atoms with Crippen molar-refractivity contribution in [2.75, 3.05) is 6.61 Å². The molecule has 1 spiro atoms. The molecule has 1 heterocycles. The van der Waals surface area contributed by atoms with Gasteiger partial charge in [0.15, 0.2) is 5.79 Å². The zero-order valence-corrected chi connectivity index (χ0v) is 18.7. The molecule has 2 atom stereocenters. The van der Waals surface area contributed by atoms with E-state index in [1.807, 2.05) is 66.7 Å². The van der Waals surface area contributed by atoms with E-state index in [4.69, 9.17) is 14.2 Å². The van der Waals surface area contributed by atoms with E-state index in [2.05, 4.69) is 6.58 Å². The van der Waals surface area contributed by atoms with Crippen LogP contribution in [0.15, 0.2) is 73.3 Å². The van der Waals surface area contributed by atoms with Crippen molar-refractivity contribution in [1.82, 2.24) is 4.90 Å². The highest BCUT2D eigenvalue weighted by molar-refractivity contribution is 5.68. The summed E-state index contributed by atoms with van der Waals surface area (Å²) in [6, 6.07) is 19.5. The molecule has 4 rings (SSSR count). The Morgan fingerprint density at radius 1 is 1.06 bits per heavy atom. The molecule has 1 amide bonds. The Hall–Kier alpha value is -2.63. The van der Waals surface area contributed by atoms with E-state index < -0.39 is 5.79 Å². The summed E-state index contributed by atoms with van der Waals surface area (Å²) >= 11 is 0. The molecule has 0 radical (unpaired) electrons. The third-order valence-electron chi connectivity index (χ3n) is 6.37. The number of carbonyl (C=O) groups excluding carboxylic acids is 1. The zero-order chi connectivity index (χ0) is 22.2. The summed E-state index contributed by atoms with van der Waals surface area (Å²) in [5, 5.41) is 0. The van der Waals surface area contributed by atoms with E-state index >= 15 is 0 Å². The van der Waals surface area contributed by atoms with Crippen molar-refractivity contribution in [2.24, 2.45) is 0 Å². The standard InChI is InChI=1S/C27H33NO4/c1-2-12-24(25-21-31-27(32-25)17-10-5-11-18-27)28(19-22-13-6-3-7-14-22)26(29)30-20-23-15-8-4-9-16-23/h2-4,6-9,13-16,24-25H,1,5,10-12,17-21H2/t24-,25+/m0/s1. The van der Waals surface area contributed by atoms with Crippen molar-refractivity contribution in [3.8, 4) is 0 Å². The maximum Gasteiger partial charge on any atom is 0.410 e. The molecule has 2 aromatic rings. The van der Waals surface area contributed by atoms with Gasteiger partial charge in [-0.3, -0.25) is 4.90 Å². The van der Waals surface area contributed by atoms with Gasteiger partial charge in [0.05, 0.1) is 12.6 Å². The van der Waals surface area contributed by atoms with Crippen LogP contribution in [-0.4, -0.2) is 35.5 Å². The van der Waals surface area contributed by atoms with Gasteiger partial charge in [-0.25, -0.2) is 4.79 Å². The van der Waals surface area contributed by atoms with Gasteiger partial charge in [0, 0.05) is 19.4 Å². The molecule has 0 unspecified atom stereocenters. The van der Waals surface area contributed by atoms with E-state index in [0.29, 0.717) is 19.6 Å². The number of hydrogen-bond acceptors (Lipinski definition) is 4. The molecule has 2 fully saturated rings. The topological polar surface area (TPSA) is 48.0 Å². The highest BCUT2D eigenvalue weighted by atomic mass is 16.7. The van der Waals surface area contributed by atoms with Crippen LogP contribution in [-0.2, 0) is 27.4 Å². The van der Waals surface area contributed by atoms with E-state index in [0.717, 1.165) is 36.8 Å². The van der Waals surface area contributed by atoms with Crippen LogP contribution in [0.1, 0.15) is 49.7 Å². The lowest BCUT2D eigenvalue weighted by Crippen LogP contribution is -2.48. The number of carbonyl (C=O) groups is 1. The largest absolute Gasteiger partial charge is 0.445 e. The van der Waals surface area contributed by atoms with Crippen molar-refractivity contribution in [2.45, 2.75) is 69.6 Å². The molecular formula is C27H33NO4. The molecule has 0 N–H and O–H groups in total. The summed E-state index contributed by atoms with van der Waals surface area (Å²) in [5.74, 6) is -0.491. The SMILES string of the molecule is C=CC[C@@H]([C@H]1COC2(CCCCC2)O1)N(Cc1ccccc1)C(=O)OCc1ccccc1. The minimum Gasteiger partial charge on any atom is -0.445 e. The fourth-order valence-corrected chi connectivity index (χ4v) is 4.67. The molecule has 170 valence electrons. The Bertz CT molecular complexity index is 864. The van der Waals surface area contributed by atoms with Crippen molar-refractivity contribution in [1.29, 1.82) is 0 Å². The number of nitrogens with zero attached hydrogens (tertiary/aromatic N) is 1. The van der Waals surface area contributed by atoms with Crippen LogP contribution in [0.3, 0.4) is 0 Å². The molecule has 2 aliphatic rings. The second-order valence-electron chi connectivity index (χ2n) is 8.68. The minimum absolute atomic E-state index is 0.209. The van der Waals surface area contributed by atoms with Gasteiger partial charge in [-0.05, 0) is 30.4 Å². The number of amides is 1. The fraction of sp³-hybridized carbons (Fsp3) is 0.444. The van der Waals surface area contributed by atoms with Crippen molar-refractivity contribution in [3.63, 3.8) is 0 Å². The average Bonchev–Trinajstić information content (AvgIpc) is 3.24. The lowest BCUT2D eigenvalue weighted by molar-refractivity contribution is -0.192. The Balaban J connectivity index is 1.52. The van der Waals surface area contributed by atoms with Gasteiger partial charge in [-0.2, -0.15) is 0 Å². The quantitative estimate of drug-likeness (QED) is 0.488. The van der Waals surface area contributed by atoms with Gasteiger partial charge >= 0.3 is 6.09 Å². The van der Waals surface area contributed by atoms with Crippen LogP contribution in [0.5, 0.6) is 0 Å². The minimum atomic E-state index is -0.491. The molecule has 1 saturated heterocycles. The van der Waals surface area contributed by atoms with E-state index in [9.17, 15) is 4.79 Å². The summed E-state index contributed by atoms with van der Waals surface area (Å²) < 4.78 is 18.5. The first-order chi connectivity index (χ1) is 15.7. The summed E-state index contributed by atoms with van der Waals surface area (Å²) in [4.78, 5) is 15.1. The smallest absolute Gasteiger partial charge is 0.410 e. The molecule has 5 heteroatoms. The predicted octanol–water partition coefficient (Wildman–Crippen LogP) is 5.85. The lowest BCUT2D eigenvalue weighted by atomic mass is 9.94. The van der Waals surface area contributed by atoms with Gasteiger partial charge in [-0.15, -0.1) is 6.58 Å². The van der Waals surface area contributed by atoms with E-state index in [1.54, 1.807) is 4.90 Å². The summed E-state index contributed by atoms with van der Waals surface area (Å²) in [6.45, 7) is 5.10. The molecule has 2 aromatic carbocycles. The summed E-state index contributed by atoms with van der Waals surface area (Å²) in [5.41, 5.74) is 2.01. The van der Waals surface area contributed by atoms with Gasteiger partial charge in [0.1, 0.15) is 12.7 Å². The number of benzene rings is 2.